The second kappa shape index (κ2) is 12.2. The van der Waals surface area contributed by atoms with E-state index in [0.29, 0.717) is 47.0 Å². The molecule has 1 amide bonds. The normalized spacial score (nSPS) is 16.1. The predicted octanol–water partition coefficient (Wildman–Crippen LogP) is 3.22. The zero-order valence-electron chi connectivity index (χ0n) is 24.7. The number of carbonyl (C=O) groups excluding carboxylic acids is 1. The zero-order chi connectivity index (χ0) is 31.0. The number of fused-ring (bicyclic) bond motifs is 1. The number of nitrogens with one attached hydrogen (secondary N) is 2. The first-order valence-electron chi connectivity index (χ1n) is 14.0. The van der Waals surface area contributed by atoms with E-state index in [9.17, 15) is 22.8 Å². The van der Waals surface area contributed by atoms with Crippen LogP contribution in [0.4, 0.5) is 13.2 Å². The molecule has 2 N–H and O–H groups in total. The third-order valence-electron chi connectivity index (χ3n) is 8.18. The fourth-order valence-corrected chi connectivity index (χ4v) is 5.85. The van der Waals surface area contributed by atoms with Crippen LogP contribution in [-0.2, 0) is 13.6 Å². The molecule has 0 spiro atoms. The highest BCUT2D eigenvalue weighted by molar-refractivity contribution is 5.98. The molecule has 1 saturated heterocycles. The van der Waals surface area contributed by atoms with Crippen molar-refractivity contribution in [2.24, 2.45) is 7.05 Å². The van der Waals surface area contributed by atoms with Crippen molar-refractivity contribution in [2.75, 3.05) is 33.3 Å². The lowest BCUT2D eigenvalue weighted by atomic mass is 9.99. The van der Waals surface area contributed by atoms with Crippen molar-refractivity contribution in [2.45, 2.75) is 46.1 Å². The van der Waals surface area contributed by atoms with E-state index in [2.05, 4.69) is 25.3 Å². The van der Waals surface area contributed by atoms with Crippen LogP contribution in [-0.4, -0.2) is 85.9 Å². The zero-order valence-corrected chi connectivity index (χ0v) is 24.7. The Morgan fingerprint density at radius 1 is 1.14 bits per heavy atom. The van der Waals surface area contributed by atoms with E-state index < -0.39 is 12.7 Å². The first kappa shape index (κ1) is 30.3. The summed E-state index contributed by atoms with van der Waals surface area (Å²) >= 11 is 0. The number of ether oxygens (including phenoxy) is 1. The Morgan fingerprint density at radius 3 is 2.47 bits per heavy atom. The number of hydrogen-bond acceptors (Lipinski definition) is 7. The van der Waals surface area contributed by atoms with Crippen LogP contribution >= 0.6 is 0 Å². The van der Waals surface area contributed by atoms with Gasteiger partial charge >= 0.3 is 0 Å². The summed E-state index contributed by atoms with van der Waals surface area (Å²) in [6.45, 7) is 6.58. The third-order valence-corrected chi connectivity index (χ3v) is 8.18. The molecule has 2 atom stereocenters. The van der Waals surface area contributed by atoms with Gasteiger partial charge in [0.05, 0.1) is 24.7 Å². The van der Waals surface area contributed by atoms with Gasteiger partial charge in [-0.15, -0.1) is 0 Å². The average molecular weight is 601 g/mol. The summed E-state index contributed by atoms with van der Waals surface area (Å²) in [5, 5.41) is 7.06. The highest BCUT2D eigenvalue weighted by atomic mass is 19.3. The van der Waals surface area contributed by atoms with Crippen LogP contribution in [0.3, 0.4) is 0 Å². The Balaban J connectivity index is 1.52. The first-order chi connectivity index (χ1) is 20.5. The molecule has 0 aliphatic carbocycles. The molecule has 11 nitrogen and oxygen atoms in total. The van der Waals surface area contributed by atoms with Crippen molar-refractivity contribution in [3.05, 3.63) is 69.2 Å². The molecule has 5 rings (SSSR count). The summed E-state index contributed by atoms with van der Waals surface area (Å²) in [5.41, 5.74) is 4.00. The number of rotatable bonds is 9. The minimum absolute atomic E-state index is 0.0548. The van der Waals surface area contributed by atoms with Crippen molar-refractivity contribution < 1.29 is 22.7 Å². The SMILES string of the molecule is COc1cc(C)[nH]c(=O)c1CNC(=O)c1cc2c(-c3ncnn3C)ccn2c(C(C)N2CCN(C(F)C(F)F)CC2)c1C. The number of amides is 1. The number of halogens is 3. The number of pyridine rings is 2. The predicted molar refractivity (Wildman–Crippen MR) is 154 cm³/mol. The number of aromatic nitrogens is 5. The monoisotopic (exact) mass is 600 g/mol. The molecule has 14 heteroatoms. The van der Waals surface area contributed by atoms with Crippen LogP contribution < -0.4 is 15.6 Å². The lowest BCUT2D eigenvalue weighted by Crippen LogP contribution is -2.51. The minimum atomic E-state index is -3.06. The Labute approximate surface area is 246 Å². The van der Waals surface area contributed by atoms with Crippen molar-refractivity contribution >= 4 is 11.4 Å². The fourth-order valence-electron chi connectivity index (χ4n) is 5.85. The lowest BCUT2D eigenvalue weighted by Gasteiger charge is -2.39. The Hall–Kier alpha value is -4.17. The van der Waals surface area contributed by atoms with E-state index in [-0.39, 0.29) is 37.1 Å². The number of aryl methyl sites for hydroxylation is 2. The number of carbonyl (C=O) groups is 1. The summed E-state index contributed by atoms with van der Waals surface area (Å²) in [6.07, 6.45) is -2.00. The molecule has 4 aromatic heterocycles. The number of hydrogen-bond donors (Lipinski definition) is 2. The number of nitrogens with zero attached hydrogens (tertiary/aromatic N) is 6. The number of H-pyrrole nitrogens is 1. The summed E-state index contributed by atoms with van der Waals surface area (Å²) in [7, 11) is 3.24. The summed E-state index contributed by atoms with van der Waals surface area (Å²) in [5.74, 6) is 0.602. The smallest absolute Gasteiger partial charge is 0.282 e. The van der Waals surface area contributed by atoms with Crippen LogP contribution in [0.1, 0.15) is 45.8 Å². The molecule has 43 heavy (non-hydrogen) atoms. The Morgan fingerprint density at radius 2 is 1.84 bits per heavy atom. The van der Waals surface area contributed by atoms with E-state index in [0.717, 1.165) is 21.7 Å². The molecule has 1 aliphatic rings. The van der Waals surface area contributed by atoms with Gasteiger partial charge in [-0.25, -0.2) is 22.8 Å². The van der Waals surface area contributed by atoms with Gasteiger partial charge in [0.1, 0.15) is 12.1 Å². The average Bonchev–Trinajstić information content (AvgIpc) is 3.60. The van der Waals surface area contributed by atoms with Gasteiger partial charge in [-0.05, 0) is 44.5 Å². The summed E-state index contributed by atoms with van der Waals surface area (Å²) in [6, 6.07) is 5.14. The second-order valence-corrected chi connectivity index (χ2v) is 10.7. The maximum atomic E-state index is 14.0. The molecule has 5 heterocycles. The molecular weight excluding hydrogens is 565 g/mol. The maximum absolute atomic E-state index is 14.0. The Bertz CT molecular complexity index is 1690. The quantitative estimate of drug-likeness (QED) is 0.284. The topological polar surface area (TPSA) is 113 Å². The summed E-state index contributed by atoms with van der Waals surface area (Å²) < 4.78 is 49.0. The van der Waals surface area contributed by atoms with E-state index in [1.165, 1.54) is 13.4 Å². The second-order valence-electron chi connectivity index (χ2n) is 10.7. The number of alkyl halides is 3. The van der Waals surface area contributed by atoms with Gasteiger partial charge in [-0.2, -0.15) is 5.10 Å². The van der Waals surface area contributed by atoms with Crippen LogP contribution in [0.5, 0.6) is 5.75 Å². The van der Waals surface area contributed by atoms with Crippen LogP contribution in [0, 0.1) is 13.8 Å². The van der Waals surface area contributed by atoms with E-state index >= 15 is 0 Å². The third kappa shape index (κ3) is 5.76. The van der Waals surface area contributed by atoms with Gasteiger partial charge in [-0.1, -0.05) is 0 Å². The highest BCUT2D eigenvalue weighted by Gasteiger charge is 2.33. The molecule has 2 unspecified atom stereocenters. The highest BCUT2D eigenvalue weighted by Crippen LogP contribution is 2.33. The molecule has 0 aromatic carbocycles. The first-order valence-corrected chi connectivity index (χ1v) is 14.0. The number of aromatic amines is 1. The van der Waals surface area contributed by atoms with Gasteiger partial charge < -0.3 is 19.4 Å². The minimum Gasteiger partial charge on any atom is -0.496 e. The lowest BCUT2D eigenvalue weighted by molar-refractivity contribution is -0.0688. The van der Waals surface area contributed by atoms with Crippen LogP contribution in [0.15, 0.2) is 35.5 Å². The molecule has 1 fully saturated rings. The van der Waals surface area contributed by atoms with Crippen LogP contribution in [0.2, 0.25) is 0 Å². The number of piperazine rings is 1. The molecule has 1 aliphatic heterocycles. The van der Waals surface area contributed by atoms with Gasteiger partial charge in [0.15, 0.2) is 5.82 Å². The molecule has 4 aromatic rings. The fraction of sp³-hybridized carbons (Fsp3) is 0.448. The Kier molecular flexibility index (Phi) is 8.60. The van der Waals surface area contributed by atoms with E-state index in [4.69, 9.17) is 4.74 Å². The maximum Gasteiger partial charge on any atom is 0.282 e. The molecule has 230 valence electrons. The molecule has 0 bridgehead atoms. The van der Waals surface area contributed by atoms with Crippen molar-refractivity contribution in [1.29, 1.82) is 0 Å². The van der Waals surface area contributed by atoms with E-state index in [1.54, 1.807) is 30.8 Å². The van der Waals surface area contributed by atoms with E-state index in [1.807, 2.05) is 30.5 Å². The van der Waals surface area contributed by atoms with Gasteiger partial charge in [0.25, 0.3) is 17.9 Å². The number of methoxy groups -OCH3 is 1. The molecular formula is C29H35F3N8O3. The molecule has 0 saturated carbocycles. The van der Waals surface area contributed by atoms with Crippen molar-refractivity contribution in [1.82, 2.24) is 39.3 Å². The summed E-state index contributed by atoms with van der Waals surface area (Å²) in [4.78, 5) is 36.7. The van der Waals surface area contributed by atoms with Gasteiger partial charge in [0.2, 0.25) is 6.30 Å². The standard InChI is InChI=1S/C29H35F3N8O3/c1-16-12-23(43-5)21(29(42)36-16)14-33-28(41)20-13-22-19(27-34-15-35-37(27)4)6-7-40(22)24(17(20)2)18(3)38-8-10-39(11-9-38)26(32)25(30)31/h6-7,12-13,15,18,25-26H,8-11,14H2,1-5H3,(H,33,41)(H,36,42). The van der Waals surface area contributed by atoms with Gasteiger partial charge in [-0.3, -0.25) is 19.4 Å². The van der Waals surface area contributed by atoms with Crippen molar-refractivity contribution in [3.8, 4) is 17.1 Å². The molecule has 0 radical (unpaired) electrons. The largest absolute Gasteiger partial charge is 0.496 e. The van der Waals surface area contributed by atoms with Gasteiger partial charge in [0, 0.05) is 68.0 Å². The van der Waals surface area contributed by atoms with Crippen molar-refractivity contribution in [3.63, 3.8) is 0 Å². The van der Waals surface area contributed by atoms with Crippen LogP contribution in [0.25, 0.3) is 16.9 Å².